The van der Waals surface area contributed by atoms with Gasteiger partial charge < -0.3 is 16.4 Å². The Morgan fingerprint density at radius 1 is 1.09 bits per heavy atom. The minimum atomic E-state index is -0.833. The van der Waals surface area contributed by atoms with Crippen molar-refractivity contribution < 1.29 is 18.4 Å². The van der Waals surface area contributed by atoms with Crippen LogP contribution in [0.4, 0.5) is 20.3 Å². The maximum absolute atomic E-state index is 14.7. The number of nitrogens with two attached hydrogens (primary N) is 1. The Morgan fingerprint density at radius 3 is 2.50 bits per heavy atom. The smallest absolute Gasteiger partial charge is 0.272 e. The second-order valence-electron chi connectivity index (χ2n) is 6.23. The predicted octanol–water partition coefficient (Wildman–Crippen LogP) is 3.82. The summed E-state index contributed by atoms with van der Waals surface area (Å²) in [5.74, 6) is -3.33. The molecule has 0 aliphatic rings. The van der Waals surface area contributed by atoms with Gasteiger partial charge in [-0.25, -0.2) is 14.4 Å². The Labute approximate surface area is 190 Å². The number of amides is 2. The van der Waals surface area contributed by atoms with E-state index in [9.17, 15) is 18.4 Å². The highest BCUT2D eigenvalue weighted by Gasteiger charge is 2.19. The number of nitrogens with zero attached hydrogens (tertiary/aromatic N) is 3. The van der Waals surface area contributed by atoms with Gasteiger partial charge in [0.2, 0.25) is 5.95 Å². The molecule has 0 saturated carbocycles. The zero-order valence-electron chi connectivity index (χ0n) is 15.9. The van der Waals surface area contributed by atoms with Crippen molar-refractivity contribution in [2.24, 2.45) is 0 Å². The highest BCUT2D eigenvalue weighted by atomic mass is 35.5. The molecule has 0 unspecified atom stereocenters. The molecule has 32 heavy (non-hydrogen) atoms. The molecular weight excluding hydrogens is 465 g/mol. The number of carbonyl (C=O) groups is 2. The number of nitrogen functional groups attached to an aromatic ring is 1. The fourth-order valence-corrected chi connectivity index (χ4v) is 3.18. The Balaban J connectivity index is 1.84. The lowest BCUT2D eigenvalue weighted by atomic mass is 10.0. The Kier molecular flexibility index (Phi) is 6.82. The van der Waals surface area contributed by atoms with Gasteiger partial charge in [0, 0.05) is 11.1 Å². The number of hydrogen-bond donors (Lipinski definition) is 3. The molecule has 0 aliphatic carbocycles. The summed E-state index contributed by atoms with van der Waals surface area (Å²) < 4.78 is 27.8. The van der Waals surface area contributed by atoms with Crippen LogP contribution >= 0.6 is 23.2 Å². The topological polar surface area (TPSA) is 134 Å². The molecular formula is C20H12Cl2F2N6O2. The number of halogens is 4. The van der Waals surface area contributed by atoms with Crippen molar-refractivity contribution in [2.75, 3.05) is 17.6 Å². The maximum atomic E-state index is 14.7. The van der Waals surface area contributed by atoms with Gasteiger partial charge in [0.05, 0.1) is 33.6 Å². The van der Waals surface area contributed by atoms with E-state index >= 15 is 0 Å². The van der Waals surface area contributed by atoms with Crippen molar-refractivity contribution in [3.05, 3.63) is 69.6 Å². The number of anilines is 2. The van der Waals surface area contributed by atoms with E-state index in [0.717, 1.165) is 18.3 Å². The summed E-state index contributed by atoms with van der Waals surface area (Å²) in [6.45, 7) is -0.227. The van der Waals surface area contributed by atoms with Crippen LogP contribution in [0.25, 0.3) is 11.1 Å². The standard InChI is InChI=1S/C20H12Cl2F2N6O2/c21-13-6-11(10-1-2-16(24)30-18(10)26)15(23)7-12(13)19(31)29-9-5-14(22)17(28-8-9)20(32)27-4-3-25/h1-2,5-8H,4H2,(H2,26,30)(H,27,32)(H,29,31). The molecule has 0 atom stereocenters. The van der Waals surface area contributed by atoms with Crippen LogP contribution in [0.5, 0.6) is 0 Å². The number of nitriles is 1. The highest BCUT2D eigenvalue weighted by Crippen LogP contribution is 2.32. The first kappa shape index (κ1) is 22.9. The molecule has 12 heteroatoms. The highest BCUT2D eigenvalue weighted by molar-refractivity contribution is 6.35. The molecule has 0 radical (unpaired) electrons. The fraction of sp³-hybridized carbons (Fsp3) is 0.0500. The number of carbonyl (C=O) groups excluding carboxylic acids is 2. The average molecular weight is 477 g/mol. The average Bonchev–Trinajstić information content (AvgIpc) is 2.73. The van der Waals surface area contributed by atoms with Gasteiger partial charge in [-0.1, -0.05) is 23.2 Å². The number of hydrogen-bond acceptors (Lipinski definition) is 6. The van der Waals surface area contributed by atoms with E-state index in [0.29, 0.717) is 0 Å². The monoisotopic (exact) mass is 476 g/mol. The Bertz CT molecular complexity index is 1280. The minimum absolute atomic E-state index is 0.0611. The largest absolute Gasteiger partial charge is 0.383 e. The number of benzene rings is 1. The molecule has 1 aromatic carbocycles. The van der Waals surface area contributed by atoms with Crippen molar-refractivity contribution >= 4 is 46.5 Å². The second-order valence-corrected chi connectivity index (χ2v) is 7.04. The van der Waals surface area contributed by atoms with Gasteiger partial charge in [-0.05, 0) is 30.3 Å². The van der Waals surface area contributed by atoms with Gasteiger partial charge in [-0.3, -0.25) is 9.59 Å². The molecule has 0 spiro atoms. The van der Waals surface area contributed by atoms with Crippen LogP contribution in [0, 0.1) is 23.1 Å². The molecule has 0 bridgehead atoms. The molecule has 0 saturated heterocycles. The van der Waals surface area contributed by atoms with Crippen molar-refractivity contribution in [3.8, 4) is 17.2 Å². The molecule has 3 rings (SSSR count). The van der Waals surface area contributed by atoms with Gasteiger partial charge in [0.25, 0.3) is 11.8 Å². The summed E-state index contributed by atoms with van der Waals surface area (Å²) in [6, 6.07) is 7.33. The quantitative estimate of drug-likeness (QED) is 0.378. The van der Waals surface area contributed by atoms with Crippen molar-refractivity contribution in [2.45, 2.75) is 0 Å². The molecule has 0 fully saturated rings. The predicted molar refractivity (Wildman–Crippen MR) is 114 cm³/mol. The van der Waals surface area contributed by atoms with Crippen molar-refractivity contribution in [1.82, 2.24) is 15.3 Å². The summed E-state index contributed by atoms with van der Waals surface area (Å²) >= 11 is 12.2. The van der Waals surface area contributed by atoms with E-state index in [-0.39, 0.29) is 50.5 Å². The Hall–Kier alpha value is -3.81. The van der Waals surface area contributed by atoms with Crippen LogP contribution in [0.15, 0.2) is 36.5 Å². The molecule has 4 N–H and O–H groups in total. The summed E-state index contributed by atoms with van der Waals surface area (Å²) in [7, 11) is 0. The van der Waals surface area contributed by atoms with E-state index < -0.39 is 23.6 Å². The molecule has 2 aromatic heterocycles. The zero-order chi connectivity index (χ0) is 23.4. The lowest BCUT2D eigenvalue weighted by Gasteiger charge is -2.12. The molecule has 8 nitrogen and oxygen atoms in total. The van der Waals surface area contributed by atoms with E-state index in [1.165, 1.54) is 18.2 Å². The van der Waals surface area contributed by atoms with Crippen LogP contribution in [-0.2, 0) is 0 Å². The molecule has 2 heterocycles. The van der Waals surface area contributed by atoms with Crippen LogP contribution in [-0.4, -0.2) is 28.3 Å². The summed E-state index contributed by atoms with van der Waals surface area (Å²) in [5, 5.41) is 13.1. The number of aromatic nitrogens is 2. The summed E-state index contributed by atoms with van der Waals surface area (Å²) in [5.41, 5.74) is 5.47. The SMILES string of the molecule is N#CCNC(=O)c1ncc(NC(=O)c2cc(F)c(-c3ccc(F)nc3N)cc2Cl)cc1Cl. The van der Waals surface area contributed by atoms with Crippen LogP contribution in [0.1, 0.15) is 20.8 Å². The zero-order valence-corrected chi connectivity index (χ0v) is 17.4. The van der Waals surface area contributed by atoms with Gasteiger partial charge >= 0.3 is 0 Å². The van der Waals surface area contributed by atoms with Gasteiger partial charge in [-0.2, -0.15) is 9.65 Å². The first-order valence-electron chi connectivity index (χ1n) is 8.74. The van der Waals surface area contributed by atoms with Crippen LogP contribution in [0.3, 0.4) is 0 Å². The third kappa shape index (κ3) is 4.91. The van der Waals surface area contributed by atoms with Crippen molar-refractivity contribution in [3.63, 3.8) is 0 Å². The summed E-state index contributed by atoms with van der Waals surface area (Å²) in [6.07, 6.45) is 1.16. The van der Waals surface area contributed by atoms with E-state index in [1.54, 1.807) is 6.07 Å². The fourth-order valence-electron chi connectivity index (χ4n) is 2.68. The van der Waals surface area contributed by atoms with Gasteiger partial charge in [-0.15, -0.1) is 0 Å². The molecule has 0 aliphatic heterocycles. The normalized spacial score (nSPS) is 10.3. The third-order valence-electron chi connectivity index (χ3n) is 4.12. The first-order chi connectivity index (χ1) is 15.2. The maximum Gasteiger partial charge on any atom is 0.272 e. The lowest BCUT2D eigenvalue weighted by Crippen LogP contribution is -2.25. The van der Waals surface area contributed by atoms with E-state index in [2.05, 4.69) is 20.6 Å². The number of pyridine rings is 2. The first-order valence-corrected chi connectivity index (χ1v) is 9.50. The third-order valence-corrected chi connectivity index (χ3v) is 4.73. The molecule has 2 amide bonds. The molecule has 162 valence electrons. The van der Waals surface area contributed by atoms with Gasteiger partial charge in [0.1, 0.15) is 23.9 Å². The van der Waals surface area contributed by atoms with E-state index in [4.69, 9.17) is 34.2 Å². The number of nitrogens with one attached hydrogen (secondary N) is 2. The Morgan fingerprint density at radius 2 is 1.84 bits per heavy atom. The van der Waals surface area contributed by atoms with Crippen LogP contribution < -0.4 is 16.4 Å². The number of rotatable bonds is 5. The van der Waals surface area contributed by atoms with Crippen LogP contribution in [0.2, 0.25) is 10.0 Å². The van der Waals surface area contributed by atoms with Gasteiger partial charge in [0.15, 0.2) is 0 Å². The second kappa shape index (κ2) is 9.55. The minimum Gasteiger partial charge on any atom is -0.383 e. The van der Waals surface area contributed by atoms with E-state index in [1.807, 2.05) is 0 Å². The van der Waals surface area contributed by atoms with Crippen molar-refractivity contribution in [1.29, 1.82) is 5.26 Å². The lowest BCUT2D eigenvalue weighted by molar-refractivity contribution is 0.0953. The summed E-state index contributed by atoms with van der Waals surface area (Å²) in [4.78, 5) is 31.7. The molecule has 3 aromatic rings.